The topological polar surface area (TPSA) is 75.2 Å². The number of aromatic amines is 1. The quantitative estimate of drug-likeness (QED) is 0.722. The number of benzene rings is 2. The van der Waals surface area contributed by atoms with Gasteiger partial charge >= 0.3 is 11.1 Å². The van der Waals surface area contributed by atoms with Gasteiger partial charge in [-0.15, -0.1) is 0 Å². The van der Waals surface area contributed by atoms with Crippen molar-refractivity contribution in [2.24, 2.45) is 0 Å². The SMILES string of the molecule is CCn1c(=O)c(=O)[nH]c2cc(C(=O)N3c4ccccc4C[C@@H]3C)ccc21. The number of carbonyl (C=O) groups excluding carboxylic acids is 1. The van der Waals surface area contributed by atoms with E-state index in [1.54, 1.807) is 23.1 Å². The molecule has 1 aliphatic rings. The van der Waals surface area contributed by atoms with Crippen LogP contribution in [0.3, 0.4) is 0 Å². The van der Waals surface area contributed by atoms with Gasteiger partial charge in [-0.3, -0.25) is 14.4 Å². The summed E-state index contributed by atoms with van der Waals surface area (Å²) in [6, 6.07) is 13.0. The Balaban J connectivity index is 1.83. The number of nitrogens with one attached hydrogen (secondary N) is 1. The fourth-order valence-electron chi connectivity index (χ4n) is 3.74. The predicted octanol–water partition coefficient (Wildman–Crippen LogP) is 2.30. The first-order chi connectivity index (χ1) is 12.5. The number of para-hydroxylation sites is 1. The van der Waals surface area contributed by atoms with E-state index in [9.17, 15) is 14.4 Å². The van der Waals surface area contributed by atoms with Gasteiger partial charge in [0.25, 0.3) is 5.91 Å². The molecule has 0 aliphatic carbocycles. The number of amides is 1. The van der Waals surface area contributed by atoms with E-state index >= 15 is 0 Å². The van der Waals surface area contributed by atoms with Crippen LogP contribution in [-0.2, 0) is 13.0 Å². The lowest BCUT2D eigenvalue weighted by Crippen LogP contribution is -2.37. The molecule has 132 valence electrons. The number of anilines is 1. The van der Waals surface area contributed by atoms with Gasteiger partial charge in [0, 0.05) is 23.8 Å². The summed E-state index contributed by atoms with van der Waals surface area (Å²) >= 11 is 0. The Hall–Kier alpha value is -3.15. The van der Waals surface area contributed by atoms with Crippen molar-refractivity contribution < 1.29 is 4.79 Å². The number of hydrogen-bond acceptors (Lipinski definition) is 3. The van der Waals surface area contributed by atoms with E-state index in [1.165, 1.54) is 4.57 Å². The van der Waals surface area contributed by atoms with Crippen molar-refractivity contribution in [2.45, 2.75) is 32.9 Å². The Bertz CT molecular complexity index is 1140. The van der Waals surface area contributed by atoms with E-state index in [0.29, 0.717) is 23.1 Å². The predicted molar refractivity (Wildman–Crippen MR) is 101 cm³/mol. The molecule has 26 heavy (non-hydrogen) atoms. The first kappa shape index (κ1) is 16.3. The highest BCUT2D eigenvalue weighted by Gasteiger charge is 2.31. The zero-order valence-corrected chi connectivity index (χ0v) is 14.7. The van der Waals surface area contributed by atoms with E-state index < -0.39 is 11.1 Å². The van der Waals surface area contributed by atoms with Crippen LogP contribution in [0.15, 0.2) is 52.1 Å². The van der Waals surface area contributed by atoms with E-state index in [1.807, 2.05) is 38.1 Å². The number of carbonyl (C=O) groups is 1. The van der Waals surface area contributed by atoms with Crippen LogP contribution in [0.1, 0.15) is 29.8 Å². The van der Waals surface area contributed by atoms with E-state index in [0.717, 1.165) is 17.7 Å². The third-order valence-corrected chi connectivity index (χ3v) is 4.96. The fraction of sp³-hybridized carbons (Fsp3) is 0.250. The molecule has 4 rings (SSSR count). The lowest BCUT2D eigenvalue weighted by molar-refractivity contribution is 0.0981. The Morgan fingerprint density at radius 3 is 2.73 bits per heavy atom. The zero-order valence-electron chi connectivity index (χ0n) is 14.7. The standard InChI is InChI=1S/C20H19N3O3/c1-3-22-17-9-8-14(11-15(17)21-18(24)20(22)26)19(25)23-12(2)10-13-6-4-5-7-16(13)23/h4-9,11-12H,3,10H2,1-2H3,(H,21,24)/t12-/m0/s1. The molecule has 0 saturated carbocycles. The summed E-state index contributed by atoms with van der Waals surface area (Å²) in [7, 11) is 0. The summed E-state index contributed by atoms with van der Waals surface area (Å²) in [6.45, 7) is 4.22. The molecule has 0 radical (unpaired) electrons. The molecule has 1 aliphatic heterocycles. The molecule has 2 heterocycles. The minimum atomic E-state index is -0.677. The molecule has 0 spiro atoms. The molecule has 0 bridgehead atoms. The second-order valence-electron chi connectivity index (χ2n) is 6.59. The van der Waals surface area contributed by atoms with Crippen LogP contribution < -0.4 is 16.0 Å². The Labute approximate surface area is 149 Å². The first-order valence-electron chi connectivity index (χ1n) is 8.69. The van der Waals surface area contributed by atoms with Crippen LogP contribution in [0.5, 0.6) is 0 Å². The smallest absolute Gasteiger partial charge is 0.316 e. The number of nitrogens with zero attached hydrogens (tertiary/aromatic N) is 2. The molecule has 0 fully saturated rings. The lowest BCUT2D eigenvalue weighted by Gasteiger charge is -2.23. The Kier molecular flexibility index (Phi) is 3.76. The monoisotopic (exact) mass is 349 g/mol. The maximum atomic E-state index is 13.1. The van der Waals surface area contributed by atoms with Gasteiger partial charge in [-0.2, -0.15) is 0 Å². The van der Waals surface area contributed by atoms with Gasteiger partial charge in [0.15, 0.2) is 0 Å². The molecule has 6 heteroatoms. The summed E-state index contributed by atoms with van der Waals surface area (Å²) in [4.78, 5) is 41.4. The van der Waals surface area contributed by atoms with Crippen molar-refractivity contribution in [2.75, 3.05) is 4.90 Å². The number of H-pyrrole nitrogens is 1. The summed E-state index contributed by atoms with van der Waals surface area (Å²) in [5.74, 6) is -0.112. The van der Waals surface area contributed by atoms with Crippen LogP contribution in [-0.4, -0.2) is 21.5 Å². The second kappa shape index (κ2) is 5.98. The minimum Gasteiger partial charge on any atom is -0.316 e. The van der Waals surface area contributed by atoms with Gasteiger partial charge in [-0.1, -0.05) is 18.2 Å². The zero-order chi connectivity index (χ0) is 18.4. The average Bonchev–Trinajstić information content (AvgIpc) is 2.97. The maximum absolute atomic E-state index is 13.1. The van der Waals surface area contributed by atoms with Crippen LogP contribution in [0.4, 0.5) is 5.69 Å². The van der Waals surface area contributed by atoms with Gasteiger partial charge in [0.2, 0.25) is 0 Å². The normalized spacial score (nSPS) is 16.1. The van der Waals surface area contributed by atoms with Crippen LogP contribution in [0.2, 0.25) is 0 Å². The third-order valence-electron chi connectivity index (χ3n) is 4.96. The number of aromatic nitrogens is 2. The van der Waals surface area contributed by atoms with Gasteiger partial charge in [0.05, 0.1) is 11.0 Å². The summed E-state index contributed by atoms with van der Waals surface area (Å²) < 4.78 is 1.41. The molecule has 2 aromatic carbocycles. The van der Waals surface area contributed by atoms with Gasteiger partial charge in [-0.25, -0.2) is 0 Å². The molecular formula is C20H19N3O3. The average molecular weight is 349 g/mol. The van der Waals surface area contributed by atoms with E-state index in [4.69, 9.17) is 0 Å². The highest BCUT2D eigenvalue weighted by molar-refractivity contribution is 6.09. The summed E-state index contributed by atoms with van der Waals surface area (Å²) in [5, 5.41) is 0. The molecule has 0 unspecified atom stereocenters. The molecule has 1 aromatic heterocycles. The van der Waals surface area contributed by atoms with Crippen molar-refractivity contribution in [1.82, 2.24) is 9.55 Å². The Morgan fingerprint density at radius 2 is 1.96 bits per heavy atom. The van der Waals surface area contributed by atoms with Crippen molar-refractivity contribution in [3.05, 3.63) is 74.3 Å². The number of hydrogen-bond donors (Lipinski definition) is 1. The second-order valence-corrected chi connectivity index (χ2v) is 6.59. The van der Waals surface area contributed by atoms with Crippen molar-refractivity contribution in [1.29, 1.82) is 0 Å². The maximum Gasteiger partial charge on any atom is 0.316 e. The number of aryl methyl sites for hydroxylation is 1. The van der Waals surface area contributed by atoms with Gasteiger partial charge in [0.1, 0.15) is 0 Å². The molecule has 3 aromatic rings. The third kappa shape index (κ3) is 2.37. The van der Waals surface area contributed by atoms with Gasteiger partial charge < -0.3 is 14.5 Å². The highest BCUT2D eigenvalue weighted by Crippen LogP contribution is 2.33. The van der Waals surface area contributed by atoms with E-state index in [-0.39, 0.29) is 11.9 Å². The molecule has 1 amide bonds. The van der Waals surface area contributed by atoms with Crippen molar-refractivity contribution in [3.63, 3.8) is 0 Å². The largest absolute Gasteiger partial charge is 0.316 e. The number of rotatable bonds is 2. The van der Waals surface area contributed by atoms with Gasteiger partial charge in [-0.05, 0) is 50.1 Å². The number of fused-ring (bicyclic) bond motifs is 2. The highest BCUT2D eigenvalue weighted by atomic mass is 16.2. The van der Waals surface area contributed by atoms with Crippen LogP contribution in [0.25, 0.3) is 11.0 Å². The van der Waals surface area contributed by atoms with Crippen LogP contribution in [0, 0.1) is 0 Å². The van der Waals surface area contributed by atoms with E-state index in [2.05, 4.69) is 4.98 Å². The summed E-state index contributed by atoms with van der Waals surface area (Å²) in [5.41, 5.74) is 2.41. The molecule has 1 N–H and O–H groups in total. The van der Waals surface area contributed by atoms with Crippen LogP contribution >= 0.6 is 0 Å². The molecule has 6 nitrogen and oxygen atoms in total. The lowest BCUT2D eigenvalue weighted by atomic mass is 10.1. The molecule has 0 saturated heterocycles. The first-order valence-corrected chi connectivity index (χ1v) is 8.69. The minimum absolute atomic E-state index is 0.0687. The Morgan fingerprint density at radius 1 is 1.19 bits per heavy atom. The van der Waals surface area contributed by atoms with Crippen molar-refractivity contribution >= 4 is 22.6 Å². The molecular weight excluding hydrogens is 330 g/mol. The molecule has 1 atom stereocenters. The fourth-order valence-corrected chi connectivity index (χ4v) is 3.74. The summed E-state index contributed by atoms with van der Waals surface area (Å²) in [6.07, 6.45) is 0.821. The van der Waals surface area contributed by atoms with Crippen molar-refractivity contribution in [3.8, 4) is 0 Å².